The number of rotatable bonds is 13. The zero-order valence-corrected chi connectivity index (χ0v) is 35.8. The van der Waals surface area contributed by atoms with Crippen LogP contribution in [0.4, 0.5) is 0 Å². The number of carbonyl (C=O) groups is 5. The number of esters is 3. The molecule has 0 aliphatic carbocycles. The van der Waals surface area contributed by atoms with Crippen LogP contribution in [-0.2, 0) is 61.9 Å². The number of aldehydes is 1. The number of allylic oxidation sites excluding steroid dienone is 3. The molecule has 330 valence electrons. The second kappa shape index (κ2) is 23.1. The topological polar surface area (TPSA) is 203 Å². The number of nitrogens with zero attached hydrogens (tertiary/aromatic N) is 1. The Morgan fingerprint density at radius 2 is 1.69 bits per heavy atom. The van der Waals surface area contributed by atoms with Gasteiger partial charge in [-0.15, -0.1) is 0 Å². The maximum Gasteiger partial charge on any atom is 0.309 e. The Hall–Kier alpha value is -3.09. The molecule has 3 rings (SSSR count). The number of ketones is 1. The molecule has 0 bridgehead atoms. The van der Waals surface area contributed by atoms with Crippen LogP contribution in [0, 0.1) is 11.8 Å². The Balaban J connectivity index is 2.00. The summed E-state index contributed by atoms with van der Waals surface area (Å²) in [7, 11) is 4.83. The zero-order chi connectivity index (χ0) is 43.3. The van der Waals surface area contributed by atoms with Gasteiger partial charge in [-0.2, -0.15) is 0 Å². The fraction of sp³-hybridized carbons (Fsp3) is 0.786. The fourth-order valence-electron chi connectivity index (χ4n) is 7.90. The molecule has 2 saturated heterocycles. The van der Waals surface area contributed by atoms with Gasteiger partial charge in [0.15, 0.2) is 24.5 Å². The SMILES string of the molecule is CCCC(=O)OC1C(C)OC(OC2C(C)OC(OC3C(CC=O)CC(C)C(=O)/C=C\C=C\CC(C)OC(=O)CC(OC(=O)CC)C3OC)C(O)C2N(C)C)CC1(C)O. The van der Waals surface area contributed by atoms with Crippen molar-refractivity contribution in [2.24, 2.45) is 11.8 Å². The molecule has 0 saturated carbocycles. The minimum Gasteiger partial charge on any atom is -0.462 e. The van der Waals surface area contributed by atoms with Crippen LogP contribution in [0.25, 0.3) is 0 Å². The van der Waals surface area contributed by atoms with Gasteiger partial charge in [0, 0.05) is 45.1 Å². The molecule has 2 fully saturated rings. The maximum absolute atomic E-state index is 13.3. The van der Waals surface area contributed by atoms with Gasteiger partial charge >= 0.3 is 17.9 Å². The highest BCUT2D eigenvalue weighted by Crippen LogP contribution is 2.37. The van der Waals surface area contributed by atoms with E-state index in [4.69, 9.17) is 37.9 Å². The average molecular weight is 826 g/mol. The van der Waals surface area contributed by atoms with Crippen LogP contribution < -0.4 is 0 Å². The maximum atomic E-state index is 13.3. The molecule has 0 aromatic heterocycles. The van der Waals surface area contributed by atoms with Crippen molar-refractivity contribution in [3.8, 4) is 0 Å². The number of cyclic esters (lactones) is 1. The predicted octanol–water partition coefficient (Wildman–Crippen LogP) is 3.37. The Labute approximate surface area is 342 Å². The van der Waals surface area contributed by atoms with E-state index in [-0.39, 0.29) is 37.9 Å². The Bertz CT molecular complexity index is 1420. The van der Waals surface area contributed by atoms with Gasteiger partial charge in [0.2, 0.25) is 0 Å². The molecular weight excluding hydrogens is 758 g/mol. The second-order valence-corrected chi connectivity index (χ2v) is 16.2. The summed E-state index contributed by atoms with van der Waals surface area (Å²) in [6.07, 6.45) is -3.34. The van der Waals surface area contributed by atoms with Crippen LogP contribution in [0.2, 0.25) is 0 Å². The van der Waals surface area contributed by atoms with Gasteiger partial charge in [0.05, 0.1) is 30.8 Å². The van der Waals surface area contributed by atoms with E-state index in [1.165, 1.54) is 13.2 Å². The Morgan fingerprint density at radius 1 is 0.983 bits per heavy atom. The lowest BCUT2D eigenvalue weighted by atomic mass is 9.83. The molecule has 16 nitrogen and oxygen atoms in total. The largest absolute Gasteiger partial charge is 0.462 e. The molecule has 3 aliphatic rings. The summed E-state index contributed by atoms with van der Waals surface area (Å²) in [6, 6.07) is -0.793. The number of likely N-dealkylation sites (N-methyl/N-ethyl adjacent to an activating group) is 1. The molecule has 0 aromatic rings. The molecule has 58 heavy (non-hydrogen) atoms. The summed E-state index contributed by atoms with van der Waals surface area (Å²) in [5, 5.41) is 23.5. The first-order valence-electron chi connectivity index (χ1n) is 20.5. The van der Waals surface area contributed by atoms with E-state index in [9.17, 15) is 34.2 Å². The van der Waals surface area contributed by atoms with Crippen molar-refractivity contribution in [3.05, 3.63) is 24.3 Å². The van der Waals surface area contributed by atoms with Crippen LogP contribution in [0.15, 0.2) is 24.3 Å². The van der Waals surface area contributed by atoms with Crippen LogP contribution in [0.5, 0.6) is 0 Å². The normalized spacial score (nSPS) is 39.3. The standard InChI is InChI=1S/C42H67NO15/c1-11-16-32(47)56-40-27(6)53-34(23-42(40,7)50)57-37-26(5)54-41(36(49)35(37)43(8)9)58-38-28(19-20-44)21-24(3)29(45)18-15-13-14-17-25(4)52-33(48)22-30(39(38)51-10)55-31(46)12-2/h13-15,18,20,24-28,30,34-41,49-50H,11-12,16-17,19,21-23H2,1-10H3/b14-13+,18-15-. The van der Waals surface area contributed by atoms with Crippen molar-refractivity contribution >= 4 is 30.0 Å². The number of carbonyl (C=O) groups excluding carboxylic acids is 5. The lowest BCUT2D eigenvalue weighted by molar-refractivity contribution is -0.344. The van der Waals surface area contributed by atoms with E-state index < -0.39 is 115 Å². The van der Waals surface area contributed by atoms with Crippen molar-refractivity contribution in [2.75, 3.05) is 21.2 Å². The number of methoxy groups -OCH3 is 1. The minimum absolute atomic E-state index is 0.0121. The van der Waals surface area contributed by atoms with Gasteiger partial charge in [-0.25, -0.2) is 0 Å². The summed E-state index contributed by atoms with van der Waals surface area (Å²) >= 11 is 0. The molecule has 0 amide bonds. The summed E-state index contributed by atoms with van der Waals surface area (Å²) in [4.78, 5) is 65.7. The third-order valence-corrected chi connectivity index (χ3v) is 10.9. The Morgan fingerprint density at radius 3 is 2.29 bits per heavy atom. The summed E-state index contributed by atoms with van der Waals surface area (Å²) in [5.74, 6) is -3.28. The fourth-order valence-corrected chi connectivity index (χ4v) is 7.90. The van der Waals surface area contributed by atoms with Gasteiger partial charge in [-0.3, -0.25) is 19.2 Å². The molecule has 0 spiro atoms. The summed E-state index contributed by atoms with van der Waals surface area (Å²) in [5.41, 5.74) is -1.50. The van der Waals surface area contributed by atoms with Gasteiger partial charge < -0.3 is 57.8 Å². The van der Waals surface area contributed by atoms with Gasteiger partial charge in [-0.1, -0.05) is 39.0 Å². The molecule has 3 heterocycles. The molecule has 15 atom stereocenters. The number of ether oxygens (including phenoxy) is 8. The van der Waals surface area contributed by atoms with Crippen LogP contribution in [0.3, 0.4) is 0 Å². The molecule has 0 aromatic carbocycles. The van der Waals surface area contributed by atoms with Crippen molar-refractivity contribution < 1.29 is 72.1 Å². The number of hydrogen-bond acceptors (Lipinski definition) is 16. The highest BCUT2D eigenvalue weighted by atomic mass is 16.7. The highest BCUT2D eigenvalue weighted by Gasteiger charge is 2.53. The van der Waals surface area contributed by atoms with E-state index in [0.29, 0.717) is 19.1 Å². The van der Waals surface area contributed by atoms with E-state index in [1.54, 1.807) is 78.8 Å². The molecular formula is C42H67NO15. The summed E-state index contributed by atoms with van der Waals surface area (Å²) < 4.78 is 48.6. The van der Waals surface area contributed by atoms with E-state index >= 15 is 0 Å². The number of aliphatic hydroxyl groups excluding tert-OH is 1. The van der Waals surface area contributed by atoms with Crippen molar-refractivity contribution in [2.45, 2.75) is 179 Å². The number of aliphatic hydroxyl groups is 2. The predicted molar refractivity (Wildman–Crippen MR) is 209 cm³/mol. The van der Waals surface area contributed by atoms with Crippen LogP contribution >= 0.6 is 0 Å². The van der Waals surface area contributed by atoms with Crippen molar-refractivity contribution in [1.29, 1.82) is 0 Å². The second-order valence-electron chi connectivity index (χ2n) is 16.2. The summed E-state index contributed by atoms with van der Waals surface area (Å²) in [6.45, 7) is 11.9. The first-order valence-corrected chi connectivity index (χ1v) is 20.5. The molecule has 16 heteroatoms. The highest BCUT2D eigenvalue weighted by molar-refractivity contribution is 5.91. The van der Waals surface area contributed by atoms with E-state index in [1.807, 2.05) is 6.92 Å². The Kier molecular flexibility index (Phi) is 19.6. The first kappa shape index (κ1) is 49.3. The van der Waals surface area contributed by atoms with E-state index in [0.717, 1.165) is 0 Å². The van der Waals surface area contributed by atoms with Crippen molar-refractivity contribution in [3.63, 3.8) is 0 Å². The van der Waals surface area contributed by atoms with Crippen molar-refractivity contribution in [1.82, 2.24) is 4.90 Å². The van der Waals surface area contributed by atoms with Crippen LogP contribution in [-0.4, -0.2) is 145 Å². The zero-order valence-electron chi connectivity index (χ0n) is 35.8. The van der Waals surface area contributed by atoms with Gasteiger partial charge in [-0.05, 0) is 66.6 Å². The lowest BCUT2D eigenvalue weighted by Crippen LogP contribution is -2.66. The van der Waals surface area contributed by atoms with Gasteiger partial charge in [0.25, 0.3) is 0 Å². The minimum atomic E-state index is -1.50. The van der Waals surface area contributed by atoms with E-state index in [2.05, 4.69) is 0 Å². The molecule has 15 unspecified atom stereocenters. The van der Waals surface area contributed by atoms with Gasteiger partial charge in [0.1, 0.15) is 42.4 Å². The third kappa shape index (κ3) is 13.7. The molecule has 2 N–H and O–H groups in total. The molecule has 3 aliphatic heterocycles. The number of hydrogen-bond donors (Lipinski definition) is 2. The smallest absolute Gasteiger partial charge is 0.309 e. The van der Waals surface area contributed by atoms with Crippen LogP contribution in [0.1, 0.15) is 99.8 Å². The monoisotopic (exact) mass is 825 g/mol. The quantitative estimate of drug-likeness (QED) is 0.155. The average Bonchev–Trinajstić information content (AvgIpc) is 3.13. The third-order valence-electron chi connectivity index (χ3n) is 10.9. The lowest BCUT2D eigenvalue weighted by Gasteiger charge is -2.50. The molecule has 0 radical (unpaired) electrons. The first-order chi connectivity index (χ1) is 27.4.